The van der Waals surface area contributed by atoms with Crippen LogP contribution < -0.4 is 4.74 Å². The Morgan fingerprint density at radius 2 is 1.38 bits per heavy atom. The van der Waals surface area contributed by atoms with Crippen LogP contribution in [0.25, 0.3) is 0 Å². The van der Waals surface area contributed by atoms with Crippen LogP contribution in [0.3, 0.4) is 0 Å². The molecule has 166 valence electrons. The lowest BCUT2D eigenvalue weighted by Crippen LogP contribution is -1.93. The normalized spacial score (nSPS) is 10.1. The van der Waals surface area contributed by atoms with Gasteiger partial charge >= 0.3 is 5.97 Å². The molecular weight excluding hydrogens is 368 g/mol. The Morgan fingerprint density at radius 3 is 1.79 bits per heavy atom. The van der Waals surface area contributed by atoms with E-state index < -0.39 is 5.97 Å². The van der Waals surface area contributed by atoms with Crippen molar-refractivity contribution in [2.75, 3.05) is 7.11 Å². The Balaban J connectivity index is 0.000000604. The second kappa shape index (κ2) is 19.3. The first-order valence-corrected chi connectivity index (χ1v) is 11.1. The molecule has 0 atom stereocenters. The van der Waals surface area contributed by atoms with Crippen molar-refractivity contribution in [2.45, 2.75) is 96.8 Å². The number of hydrogen-bond donors (Lipinski definition) is 2. The van der Waals surface area contributed by atoms with Crippen LogP contribution in [0.5, 0.6) is 11.5 Å². The van der Waals surface area contributed by atoms with Crippen molar-refractivity contribution in [3.8, 4) is 11.5 Å². The summed E-state index contributed by atoms with van der Waals surface area (Å²) >= 11 is 0. The predicted molar refractivity (Wildman–Crippen MR) is 118 cm³/mol. The molecule has 0 amide bonds. The van der Waals surface area contributed by atoms with Gasteiger partial charge in [0.15, 0.2) is 11.5 Å². The summed E-state index contributed by atoms with van der Waals surface area (Å²) in [5.41, 5.74) is 0.486. The van der Waals surface area contributed by atoms with Gasteiger partial charge in [0.25, 0.3) is 0 Å². The molecule has 1 aromatic rings. The first-order valence-electron chi connectivity index (χ1n) is 11.1. The Morgan fingerprint density at radius 1 is 0.897 bits per heavy atom. The van der Waals surface area contributed by atoms with E-state index in [1.165, 1.54) is 95.9 Å². The summed E-state index contributed by atoms with van der Waals surface area (Å²) in [5, 5.41) is 17.6. The van der Waals surface area contributed by atoms with Crippen LogP contribution in [0.1, 0.15) is 107 Å². The second-order valence-electron chi connectivity index (χ2n) is 7.44. The Kier molecular flexibility index (Phi) is 17.9. The number of unbranched alkanes of at least 4 members (excludes halogenated alkanes) is 12. The molecule has 0 bridgehead atoms. The summed E-state index contributed by atoms with van der Waals surface area (Å²) in [7, 11) is 1.43. The summed E-state index contributed by atoms with van der Waals surface area (Å²) in [6, 6.07) is 4.41. The maximum absolute atomic E-state index is 10.3. The number of rotatable bonds is 16. The van der Waals surface area contributed by atoms with E-state index >= 15 is 0 Å². The van der Waals surface area contributed by atoms with Crippen LogP contribution in [-0.2, 0) is 4.79 Å². The monoisotopic (exact) mass is 408 g/mol. The average molecular weight is 409 g/mol. The first-order chi connectivity index (χ1) is 14.0. The summed E-state index contributed by atoms with van der Waals surface area (Å²) in [6.07, 6.45) is 18.0. The average Bonchev–Trinajstić information content (AvgIpc) is 2.72. The lowest BCUT2D eigenvalue weighted by Gasteiger charge is -2.02. The molecule has 0 radical (unpaired) electrons. The van der Waals surface area contributed by atoms with Crippen LogP contribution in [0.4, 0.5) is 0 Å². The molecule has 0 unspecified atom stereocenters. The van der Waals surface area contributed by atoms with Gasteiger partial charge in [-0.25, -0.2) is 0 Å². The Labute approximate surface area is 176 Å². The number of aldehydes is 1. The molecule has 0 fully saturated rings. The molecular formula is C24H40O5. The maximum Gasteiger partial charge on any atom is 0.303 e. The van der Waals surface area contributed by atoms with Gasteiger partial charge in [0.05, 0.1) is 7.11 Å². The molecule has 0 saturated heterocycles. The molecule has 2 N–H and O–H groups in total. The minimum Gasteiger partial charge on any atom is -0.504 e. The number of carbonyl (C=O) groups excluding carboxylic acids is 1. The first kappa shape index (κ1) is 27.0. The van der Waals surface area contributed by atoms with Crippen LogP contribution in [0, 0.1) is 0 Å². The van der Waals surface area contributed by atoms with Crippen molar-refractivity contribution < 1.29 is 24.5 Å². The molecule has 0 aromatic heterocycles. The quantitative estimate of drug-likeness (QED) is 0.233. The van der Waals surface area contributed by atoms with Crippen molar-refractivity contribution in [2.24, 2.45) is 0 Å². The van der Waals surface area contributed by atoms with Crippen molar-refractivity contribution in [1.82, 2.24) is 0 Å². The second-order valence-corrected chi connectivity index (χ2v) is 7.44. The van der Waals surface area contributed by atoms with Crippen molar-refractivity contribution in [3.05, 3.63) is 23.8 Å². The molecule has 29 heavy (non-hydrogen) atoms. The molecule has 0 spiro atoms. The van der Waals surface area contributed by atoms with Gasteiger partial charge in [-0.3, -0.25) is 9.59 Å². The summed E-state index contributed by atoms with van der Waals surface area (Å²) in [6.45, 7) is 2.26. The van der Waals surface area contributed by atoms with Gasteiger partial charge in [-0.05, 0) is 24.6 Å². The van der Waals surface area contributed by atoms with Crippen molar-refractivity contribution >= 4 is 12.3 Å². The summed E-state index contributed by atoms with van der Waals surface area (Å²) < 4.78 is 4.78. The number of aromatic hydroxyl groups is 1. The molecule has 5 heteroatoms. The molecule has 1 aromatic carbocycles. The van der Waals surface area contributed by atoms with Crippen molar-refractivity contribution in [1.29, 1.82) is 0 Å². The van der Waals surface area contributed by atoms with E-state index in [-0.39, 0.29) is 5.75 Å². The van der Waals surface area contributed by atoms with Gasteiger partial charge in [0.1, 0.15) is 6.29 Å². The zero-order chi connectivity index (χ0) is 21.7. The number of methoxy groups -OCH3 is 1. The standard InChI is InChI=1S/C16H32O2.C8H8O3/c1-2-3-4-5-6-7-8-9-10-11-12-13-14-15-16(17)18;1-11-8-4-6(5-9)2-3-7(8)10/h2-15H2,1H3,(H,17,18);2-5,10H,1H3. The Hall–Kier alpha value is -2.04. The molecule has 0 heterocycles. The summed E-state index contributed by atoms with van der Waals surface area (Å²) in [4.78, 5) is 20.5. The van der Waals surface area contributed by atoms with Crippen LogP contribution in [-0.4, -0.2) is 29.6 Å². The van der Waals surface area contributed by atoms with E-state index in [9.17, 15) is 9.59 Å². The number of phenolic OH excluding ortho intramolecular Hbond substituents is 1. The number of ether oxygens (including phenoxy) is 1. The number of phenols is 1. The number of aliphatic carboxylic acids is 1. The van der Waals surface area contributed by atoms with Crippen molar-refractivity contribution in [3.63, 3.8) is 0 Å². The van der Waals surface area contributed by atoms with E-state index in [2.05, 4.69) is 6.92 Å². The zero-order valence-electron chi connectivity index (χ0n) is 18.3. The third-order valence-corrected chi connectivity index (χ3v) is 4.83. The van der Waals surface area contributed by atoms with Crippen LogP contribution in [0.2, 0.25) is 0 Å². The van der Waals surface area contributed by atoms with Crippen LogP contribution >= 0.6 is 0 Å². The Bertz CT molecular complexity index is 542. The minimum atomic E-state index is -0.655. The largest absolute Gasteiger partial charge is 0.504 e. The van der Waals surface area contributed by atoms with Gasteiger partial charge < -0.3 is 14.9 Å². The molecule has 0 aliphatic heterocycles. The van der Waals surface area contributed by atoms with Gasteiger partial charge in [-0.1, -0.05) is 84.0 Å². The predicted octanol–water partition coefficient (Wildman–Crippen LogP) is 6.77. The fraction of sp³-hybridized carbons (Fsp3) is 0.667. The lowest BCUT2D eigenvalue weighted by molar-refractivity contribution is -0.137. The van der Waals surface area contributed by atoms with Gasteiger partial charge in [-0.15, -0.1) is 0 Å². The maximum atomic E-state index is 10.3. The minimum absolute atomic E-state index is 0.0399. The van der Waals surface area contributed by atoms with E-state index in [0.29, 0.717) is 24.0 Å². The topological polar surface area (TPSA) is 83.8 Å². The fourth-order valence-electron chi connectivity index (χ4n) is 3.06. The highest BCUT2D eigenvalue weighted by molar-refractivity contribution is 5.76. The van der Waals surface area contributed by atoms with E-state index in [1.807, 2.05) is 0 Å². The molecule has 1 rings (SSSR count). The number of benzene rings is 1. The van der Waals surface area contributed by atoms with E-state index in [1.54, 1.807) is 0 Å². The van der Waals surface area contributed by atoms with E-state index in [0.717, 1.165) is 12.8 Å². The zero-order valence-corrected chi connectivity index (χ0v) is 18.3. The fourth-order valence-corrected chi connectivity index (χ4v) is 3.06. The van der Waals surface area contributed by atoms with Gasteiger partial charge in [0.2, 0.25) is 0 Å². The lowest BCUT2D eigenvalue weighted by atomic mass is 10.0. The van der Waals surface area contributed by atoms with Gasteiger partial charge in [0, 0.05) is 12.0 Å². The number of carboxylic acid groups (broad SMARTS) is 1. The highest BCUT2D eigenvalue weighted by Gasteiger charge is 2.00. The molecule has 5 nitrogen and oxygen atoms in total. The third kappa shape index (κ3) is 16.6. The highest BCUT2D eigenvalue weighted by atomic mass is 16.5. The molecule has 0 aliphatic rings. The van der Waals surface area contributed by atoms with Gasteiger partial charge in [-0.2, -0.15) is 0 Å². The smallest absolute Gasteiger partial charge is 0.303 e. The van der Waals surface area contributed by atoms with E-state index in [4.69, 9.17) is 14.9 Å². The summed E-state index contributed by atoms with van der Waals surface area (Å²) in [5.74, 6) is -0.300. The SMILES string of the molecule is CCCCCCCCCCCCCCCC(=O)O.COc1cc(C=O)ccc1O. The van der Waals surface area contributed by atoms with Crippen LogP contribution in [0.15, 0.2) is 18.2 Å². The number of carbonyl (C=O) groups is 2. The third-order valence-electron chi connectivity index (χ3n) is 4.83. The highest BCUT2D eigenvalue weighted by Crippen LogP contribution is 2.25. The number of carboxylic acids is 1. The number of hydrogen-bond acceptors (Lipinski definition) is 4. The molecule has 0 aliphatic carbocycles. The molecule has 0 saturated carbocycles.